The molecule has 3 rings (SSSR count). The Morgan fingerprint density at radius 1 is 1.15 bits per heavy atom. The number of hydrogen-bond donors (Lipinski definition) is 2. The summed E-state index contributed by atoms with van der Waals surface area (Å²) in [5.41, 5.74) is 8.42. The van der Waals surface area contributed by atoms with E-state index >= 15 is 0 Å². The Hall–Kier alpha value is -1.02. The summed E-state index contributed by atoms with van der Waals surface area (Å²) in [6.45, 7) is 9.70. The van der Waals surface area contributed by atoms with Crippen LogP contribution in [0.3, 0.4) is 0 Å². The Morgan fingerprint density at radius 3 is 2.46 bits per heavy atom. The van der Waals surface area contributed by atoms with Crippen molar-refractivity contribution in [3.05, 3.63) is 29.8 Å². The lowest BCUT2D eigenvalue weighted by molar-refractivity contribution is 0.248. The molecule has 1 saturated carbocycles. The van der Waals surface area contributed by atoms with Gasteiger partial charge in [0, 0.05) is 45.0 Å². The lowest BCUT2D eigenvalue weighted by Gasteiger charge is -2.36. The van der Waals surface area contributed by atoms with Gasteiger partial charge in [-0.05, 0) is 42.9 Å². The first-order valence-corrected chi connectivity index (χ1v) is 9.84. The Balaban J connectivity index is 0.00000243. The van der Waals surface area contributed by atoms with Gasteiger partial charge in [0.15, 0.2) is 5.96 Å². The van der Waals surface area contributed by atoms with E-state index in [1.54, 1.807) is 0 Å². The van der Waals surface area contributed by atoms with Gasteiger partial charge >= 0.3 is 0 Å². The highest BCUT2D eigenvalue weighted by Gasteiger charge is 2.26. The largest absolute Gasteiger partial charge is 0.370 e. The molecule has 1 aliphatic heterocycles. The molecule has 2 fully saturated rings. The third-order valence-electron chi connectivity index (χ3n) is 5.16. The normalized spacial score (nSPS) is 18.5. The van der Waals surface area contributed by atoms with E-state index in [0.29, 0.717) is 12.5 Å². The second-order valence-electron chi connectivity index (χ2n) is 7.38. The highest BCUT2D eigenvalue weighted by molar-refractivity contribution is 14.0. The zero-order valence-electron chi connectivity index (χ0n) is 16.0. The van der Waals surface area contributed by atoms with Crippen LogP contribution in [0.2, 0.25) is 0 Å². The highest BCUT2D eigenvalue weighted by atomic mass is 127. The van der Waals surface area contributed by atoms with E-state index in [1.807, 2.05) is 0 Å². The van der Waals surface area contributed by atoms with Crippen molar-refractivity contribution in [2.45, 2.75) is 39.2 Å². The zero-order chi connectivity index (χ0) is 17.5. The van der Waals surface area contributed by atoms with Crippen molar-refractivity contribution in [2.75, 3.05) is 44.2 Å². The summed E-state index contributed by atoms with van der Waals surface area (Å²) in [5.74, 6) is 1.54. The fourth-order valence-corrected chi connectivity index (χ4v) is 3.29. The molecule has 2 aliphatic rings. The van der Waals surface area contributed by atoms with Gasteiger partial charge in [0.2, 0.25) is 0 Å². The Bertz CT molecular complexity index is 548. The van der Waals surface area contributed by atoms with Crippen LogP contribution in [0.4, 0.5) is 5.69 Å². The predicted octanol–water partition coefficient (Wildman–Crippen LogP) is 3.04. The quantitative estimate of drug-likeness (QED) is 0.265. The van der Waals surface area contributed by atoms with E-state index in [-0.39, 0.29) is 24.0 Å². The van der Waals surface area contributed by atoms with Gasteiger partial charge in [-0.15, -0.1) is 24.0 Å². The molecular weight excluding hydrogens is 437 g/mol. The molecule has 1 aromatic rings. The number of hydrogen-bond acceptors (Lipinski definition) is 3. The van der Waals surface area contributed by atoms with E-state index < -0.39 is 0 Å². The summed E-state index contributed by atoms with van der Waals surface area (Å²) in [6, 6.07) is 8.80. The van der Waals surface area contributed by atoms with Crippen molar-refractivity contribution >= 4 is 35.6 Å². The number of halogens is 1. The molecule has 0 atom stereocenters. The number of nitrogens with zero attached hydrogens (tertiary/aromatic N) is 3. The molecule has 26 heavy (non-hydrogen) atoms. The molecule has 0 radical (unpaired) electrons. The first kappa shape index (κ1) is 21.3. The van der Waals surface area contributed by atoms with Crippen LogP contribution in [0.5, 0.6) is 0 Å². The fourth-order valence-electron chi connectivity index (χ4n) is 3.29. The molecule has 0 bridgehead atoms. The predicted molar refractivity (Wildman–Crippen MR) is 121 cm³/mol. The van der Waals surface area contributed by atoms with Gasteiger partial charge in [-0.25, -0.2) is 4.99 Å². The molecule has 0 aromatic heterocycles. The standard InChI is InChI=1S/C20H33N5.HI/c1-2-3-10-22-20(21)23-15-17-6-8-19(9-7-17)25-13-11-24(12-14-25)16-18-4-5-18;/h6-9,18H,2-5,10-16H2,1H3,(H3,21,22,23);1H. The summed E-state index contributed by atoms with van der Waals surface area (Å²) in [7, 11) is 0. The summed E-state index contributed by atoms with van der Waals surface area (Å²) in [5, 5.41) is 3.15. The van der Waals surface area contributed by atoms with E-state index in [9.17, 15) is 0 Å². The molecule has 6 heteroatoms. The van der Waals surface area contributed by atoms with E-state index in [0.717, 1.165) is 38.4 Å². The maximum Gasteiger partial charge on any atom is 0.188 e. The van der Waals surface area contributed by atoms with Crippen LogP contribution < -0.4 is 16.0 Å². The van der Waals surface area contributed by atoms with E-state index in [4.69, 9.17) is 5.73 Å². The van der Waals surface area contributed by atoms with Crippen LogP contribution in [0.15, 0.2) is 29.3 Å². The third-order valence-corrected chi connectivity index (χ3v) is 5.16. The highest BCUT2D eigenvalue weighted by Crippen LogP contribution is 2.30. The number of nitrogens with two attached hydrogens (primary N) is 1. The van der Waals surface area contributed by atoms with Crippen molar-refractivity contribution in [2.24, 2.45) is 16.6 Å². The number of benzene rings is 1. The van der Waals surface area contributed by atoms with Crippen molar-refractivity contribution < 1.29 is 0 Å². The molecule has 1 saturated heterocycles. The molecule has 0 spiro atoms. The SMILES string of the molecule is CCCCNC(N)=NCc1ccc(N2CCN(CC3CC3)CC2)cc1.I. The minimum atomic E-state index is 0. The van der Waals surface area contributed by atoms with Gasteiger partial charge in [-0.1, -0.05) is 25.5 Å². The van der Waals surface area contributed by atoms with E-state index in [2.05, 4.69) is 51.3 Å². The van der Waals surface area contributed by atoms with Gasteiger partial charge in [0.05, 0.1) is 6.54 Å². The third kappa shape index (κ3) is 6.95. The first-order chi connectivity index (χ1) is 12.2. The molecular formula is C20H34IN5. The van der Waals surface area contributed by atoms with Crippen molar-refractivity contribution in [3.8, 4) is 0 Å². The maximum atomic E-state index is 5.89. The topological polar surface area (TPSA) is 56.9 Å². The first-order valence-electron chi connectivity index (χ1n) is 9.84. The van der Waals surface area contributed by atoms with Crippen LogP contribution in [0.1, 0.15) is 38.2 Å². The minimum Gasteiger partial charge on any atom is -0.370 e. The van der Waals surface area contributed by atoms with Gasteiger partial charge in [0.25, 0.3) is 0 Å². The molecule has 3 N–H and O–H groups in total. The maximum absolute atomic E-state index is 5.89. The van der Waals surface area contributed by atoms with Gasteiger partial charge in [-0.2, -0.15) is 0 Å². The molecule has 5 nitrogen and oxygen atoms in total. The molecule has 146 valence electrons. The van der Waals surface area contributed by atoms with E-state index in [1.165, 1.54) is 43.7 Å². The minimum absolute atomic E-state index is 0. The van der Waals surface area contributed by atoms with Gasteiger partial charge in [0.1, 0.15) is 0 Å². The van der Waals surface area contributed by atoms with Crippen molar-refractivity contribution in [1.29, 1.82) is 0 Å². The van der Waals surface area contributed by atoms with Crippen LogP contribution >= 0.6 is 24.0 Å². The summed E-state index contributed by atoms with van der Waals surface area (Å²) < 4.78 is 0. The monoisotopic (exact) mass is 471 g/mol. The zero-order valence-corrected chi connectivity index (χ0v) is 18.3. The molecule has 0 amide bonds. The van der Waals surface area contributed by atoms with Crippen LogP contribution in [-0.2, 0) is 6.54 Å². The second-order valence-corrected chi connectivity index (χ2v) is 7.38. The summed E-state index contributed by atoms with van der Waals surface area (Å²) in [6.07, 6.45) is 5.18. The fraction of sp³-hybridized carbons (Fsp3) is 0.650. The average Bonchev–Trinajstić information content (AvgIpc) is 3.45. The summed E-state index contributed by atoms with van der Waals surface area (Å²) in [4.78, 5) is 9.54. The number of anilines is 1. The van der Waals surface area contributed by atoms with Crippen LogP contribution in [0.25, 0.3) is 0 Å². The van der Waals surface area contributed by atoms with Crippen LogP contribution in [-0.4, -0.2) is 50.1 Å². The van der Waals surface area contributed by atoms with Gasteiger partial charge < -0.3 is 16.0 Å². The Morgan fingerprint density at radius 2 is 1.85 bits per heavy atom. The lowest BCUT2D eigenvalue weighted by Crippen LogP contribution is -2.47. The number of guanidine groups is 1. The van der Waals surface area contributed by atoms with Crippen molar-refractivity contribution in [1.82, 2.24) is 10.2 Å². The number of aliphatic imine (C=N–C) groups is 1. The van der Waals surface area contributed by atoms with Crippen molar-refractivity contribution in [3.63, 3.8) is 0 Å². The number of piperazine rings is 1. The average molecular weight is 471 g/mol. The lowest BCUT2D eigenvalue weighted by atomic mass is 10.1. The second kappa shape index (κ2) is 11.0. The number of unbranched alkanes of at least 4 members (excludes halogenated alkanes) is 1. The number of rotatable bonds is 8. The Kier molecular flexibility index (Phi) is 8.98. The Labute approximate surface area is 175 Å². The molecule has 1 aromatic carbocycles. The molecule has 1 heterocycles. The molecule has 1 aliphatic carbocycles. The van der Waals surface area contributed by atoms with Gasteiger partial charge in [-0.3, -0.25) is 4.90 Å². The van der Waals surface area contributed by atoms with Crippen LogP contribution in [0, 0.1) is 5.92 Å². The number of nitrogens with one attached hydrogen (secondary N) is 1. The summed E-state index contributed by atoms with van der Waals surface area (Å²) >= 11 is 0. The molecule has 0 unspecified atom stereocenters. The smallest absolute Gasteiger partial charge is 0.188 e.